The minimum atomic E-state index is 0.146. The molecule has 2 aliphatic rings. The normalized spacial score (nSPS) is 17.0. The number of nitrogens with two attached hydrogens (primary N) is 1. The van der Waals surface area contributed by atoms with Crippen molar-refractivity contribution in [3.63, 3.8) is 0 Å². The molecule has 0 amide bonds. The fourth-order valence-corrected chi connectivity index (χ4v) is 3.46. The first-order valence-electron chi connectivity index (χ1n) is 10.2. The van der Waals surface area contributed by atoms with Crippen molar-refractivity contribution in [1.82, 2.24) is 19.9 Å². The average Bonchev–Trinajstić information content (AvgIpc) is 3.47. The van der Waals surface area contributed by atoms with E-state index >= 15 is 0 Å². The summed E-state index contributed by atoms with van der Waals surface area (Å²) in [7, 11) is 0. The number of pyridine rings is 1. The van der Waals surface area contributed by atoms with E-state index in [4.69, 9.17) is 10.7 Å². The van der Waals surface area contributed by atoms with Crippen molar-refractivity contribution in [3.8, 4) is 0 Å². The monoisotopic (exact) mass is 391 g/mol. The SMILES string of the molecule is CC(C)(C)CN1CC=C(c2cnc(N)nc2CC2CC2)N=C1Nc1ccncc1. The van der Waals surface area contributed by atoms with Gasteiger partial charge in [-0.25, -0.2) is 15.0 Å². The topological polar surface area (TPSA) is 92.3 Å². The number of nitrogens with zero attached hydrogens (tertiary/aromatic N) is 5. The van der Waals surface area contributed by atoms with Gasteiger partial charge in [0.2, 0.25) is 11.9 Å². The molecule has 0 bridgehead atoms. The van der Waals surface area contributed by atoms with Crippen LogP contribution in [0, 0.1) is 11.3 Å². The number of hydrogen-bond donors (Lipinski definition) is 2. The summed E-state index contributed by atoms with van der Waals surface area (Å²) < 4.78 is 0. The second-order valence-corrected chi connectivity index (χ2v) is 9.06. The summed E-state index contributed by atoms with van der Waals surface area (Å²) >= 11 is 0. The molecule has 7 heteroatoms. The summed E-state index contributed by atoms with van der Waals surface area (Å²) in [6, 6.07) is 3.89. The first-order valence-corrected chi connectivity index (χ1v) is 10.2. The van der Waals surface area contributed by atoms with Gasteiger partial charge in [-0.05, 0) is 48.8 Å². The third kappa shape index (κ3) is 5.10. The maximum atomic E-state index is 5.87. The van der Waals surface area contributed by atoms with Crippen LogP contribution in [0.2, 0.25) is 0 Å². The number of nitrogen functional groups attached to an aromatic ring is 1. The maximum absolute atomic E-state index is 5.87. The zero-order chi connectivity index (χ0) is 20.4. The minimum absolute atomic E-state index is 0.146. The second kappa shape index (κ2) is 7.81. The van der Waals surface area contributed by atoms with E-state index in [2.05, 4.69) is 52.0 Å². The summed E-state index contributed by atoms with van der Waals surface area (Å²) in [4.78, 5) is 20.1. The molecule has 0 atom stereocenters. The molecule has 0 aromatic carbocycles. The lowest BCUT2D eigenvalue weighted by Gasteiger charge is -2.34. The molecule has 1 aliphatic carbocycles. The Morgan fingerprint density at radius 1 is 1.21 bits per heavy atom. The van der Waals surface area contributed by atoms with Gasteiger partial charge in [0, 0.05) is 42.9 Å². The zero-order valence-corrected chi connectivity index (χ0v) is 17.4. The highest BCUT2D eigenvalue weighted by atomic mass is 15.3. The van der Waals surface area contributed by atoms with Gasteiger partial charge in [0.1, 0.15) is 0 Å². The van der Waals surface area contributed by atoms with Crippen molar-refractivity contribution >= 4 is 23.3 Å². The molecule has 0 spiro atoms. The molecule has 2 aromatic rings. The number of hydrogen-bond acceptors (Lipinski definition) is 7. The Balaban J connectivity index is 1.66. The lowest BCUT2D eigenvalue weighted by molar-refractivity contribution is 0.288. The molecule has 1 saturated carbocycles. The van der Waals surface area contributed by atoms with Crippen LogP contribution < -0.4 is 11.1 Å². The Bertz CT molecular complexity index is 924. The molecule has 2 aromatic heterocycles. The molecule has 0 radical (unpaired) electrons. The van der Waals surface area contributed by atoms with E-state index < -0.39 is 0 Å². The Hall–Kier alpha value is -2.96. The van der Waals surface area contributed by atoms with Gasteiger partial charge < -0.3 is 16.0 Å². The van der Waals surface area contributed by atoms with Crippen molar-refractivity contribution in [2.45, 2.75) is 40.0 Å². The van der Waals surface area contributed by atoms with Gasteiger partial charge in [0.05, 0.1) is 11.4 Å². The largest absolute Gasteiger partial charge is 0.368 e. The number of rotatable bonds is 5. The molecular formula is C22H29N7. The van der Waals surface area contributed by atoms with Gasteiger partial charge in [-0.3, -0.25) is 4.98 Å². The summed E-state index contributed by atoms with van der Waals surface area (Å²) in [6.45, 7) is 8.37. The molecular weight excluding hydrogens is 362 g/mol. The van der Waals surface area contributed by atoms with Crippen molar-refractivity contribution < 1.29 is 0 Å². The van der Waals surface area contributed by atoms with Crippen LogP contribution in [0.4, 0.5) is 11.6 Å². The van der Waals surface area contributed by atoms with Gasteiger partial charge in [-0.15, -0.1) is 0 Å². The van der Waals surface area contributed by atoms with Crippen LogP contribution in [0.3, 0.4) is 0 Å². The molecule has 152 valence electrons. The first-order chi connectivity index (χ1) is 13.9. The summed E-state index contributed by atoms with van der Waals surface area (Å²) in [6.07, 6.45) is 11.0. The molecule has 0 unspecified atom stereocenters. The van der Waals surface area contributed by atoms with E-state index in [1.807, 2.05) is 18.3 Å². The molecule has 3 heterocycles. The maximum Gasteiger partial charge on any atom is 0.220 e. The van der Waals surface area contributed by atoms with E-state index in [0.29, 0.717) is 11.9 Å². The van der Waals surface area contributed by atoms with E-state index in [9.17, 15) is 0 Å². The Morgan fingerprint density at radius 3 is 2.66 bits per heavy atom. The fourth-order valence-electron chi connectivity index (χ4n) is 3.46. The van der Waals surface area contributed by atoms with Crippen LogP contribution in [-0.4, -0.2) is 38.9 Å². The van der Waals surface area contributed by atoms with Gasteiger partial charge in [-0.1, -0.05) is 20.8 Å². The molecule has 1 fully saturated rings. The number of guanidine groups is 1. The highest BCUT2D eigenvalue weighted by Crippen LogP contribution is 2.35. The molecule has 0 saturated heterocycles. The molecule has 7 nitrogen and oxygen atoms in total. The van der Waals surface area contributed by atoms with Crippen LogP contribution in [0.1, 0.15) is 44.9 Å². The van der Waals surface area contributed by atoms with E-state index in [1.54, 1.807) is 12.4 Å². The minimum Gasteiger partial charge on any atom is -0.368 e. The van der Waals surface area contributed by atoms with Crippen LogP contribution >= 0.6 is 0 Å². The third-order valence-corrected chi connectivity index (χ3v) is 4.97. The highest BCUT2D eigenvalue weighted by molar-refractivity contribution is 5.98. The lowest BCUT2D eigenvalue weighted by Crippen LogP contribution is -2.43. The molecule has 1 aliphatic heterocycles. The summed E-state index contributed by atoms with van der Waals surface area (Å²) in [5.74, 6) is 1.87. The fraction of sp³-hybridized carbons (Fsp3) is 0.455. The van der Waals surface area contributed by atoms with Gasteiger partial charge in [0.25, 0.3) is 0 Å². The smallest absolute Gasteiger partial charge is 0.220 e. The third-order valence-electron chi connectivity index (χ3n) is 4.97. The predicted octanol–water partition coefficient (Wildman–Crippen LogP) is 3.58. The van der Waals surface area contributed by atoms with E-state index in [0.717, 1.165) is 48.1 Å². The number of aromatic nitrogens is 3. The van der Waals surface area contributed by atoms with E-state index in [1.165, 1.54) is 12.8 Å². The van der Waals surface area contributed by atoms with E-state index in [-0.39, 0.29) is 5.41 Å². The van der Waals surface area contributed by atoms with Crippen molar-refractivity contribution in [3.05, 3.63) is 48.1 Å². The average molecular weight is 392 g/mol. The predicted molar refractivity (Wildman–Crippen MR) is 117 cm³/mol. The Labute approximate surface area is 172 Å². The van der Waals surface area contributed by atoms with Crippen LogP contribution in [0.25, 0.3) is 5.70 Å². The molecule has 4 rings (SSSR count). The number of aliphatic imine (C=N–C) groups is 1. The first kappa shape index (κ1) is 19.4. The summed E-state index contributed by atoms with van der Waals surface area (Å²) in [5, 5.41) is 3.47. The zero-order valence-electron chi connectivity index (χ0n) is 17.4. The highest BCUT2D eigenvalue weighted by Gasteiger charge is 2.27. The number of nitrogens with one attached hydrogen (secondary N) is 1. The van der Waals surface area contributed by atoms with Gasteiger partial charge >= 0.3 is 0 Å². The van der Waals surface area contributed by atoms with Gasteiger partial charge in [0.15, 0.2) is 0 Å². The van der Waals surface area contributed by atoms with Crippen molar-refractivity contribution in [2.24, 2.45) is 16.3 Å². The van der Waals surface area contributed by atoms with Crippen molar-refractivity contribution in [1.29, 1.82) is 0 Å². The second-order valence-electron chi connectivity index (χ2n) is 9.06. The van der Waals surface area contributed by atoms with Gasteiger partial charge in [-0.2, -0.15) is 0 Å². The van der Waals surface area contributed by atoms with Crippen LogP contribution in [-0.2, 0) is 6.42 Å². The Morgan fingerprint density at radius 2 is 1.97 bits per heavy atom. The number of anilines is 2. The van der Waals surface area contributed by atoms with Crippen LogP contribution in [0.5, 0.6) is 0 Å². The standard InChI is InChI=1S/C22H29N7/c1-22(2,3)14-29-11-8-18(28-21(29)26-16-6-9-24-10-7-16)17-13-25-20(23)27-19(17)12-15-4-5-15/h6-10,13,15H,4-5,11-12,14H2,1-3H3,(H2,23,25,27)(H,24,26,28). The van der Waals surface area contributed by atoms with Crippen molar-refractivity contribution in [2.75, 3.05) is 24.1 Å². The van der Waals surface area contributed by atoms with Crippen LogP contribution in [0.15, 0.2) is 41.8 Å². The summed E-state index contributed by atoms with van der Waals surface area (Å²) in [5.41, 5.74) is 9.87. The lowest BCUT2D eigenvalue weighted by atomic mass is 9.96. The quantitative estimate of drug-likeness (QED) is 0.809. The molecule has 3 N–H and O–H groups in total. The Kier molecular flexibility index (Phi) is 5.22. The molecule has 29 heavy (non-hydrogen) atoms.